The van der Waals surface area contributed by atoms with Crippen molar-refractivity contribution in [3.05, 3.63) is 0 Å². The minimum atomic E-state index is -0.865. The molecule has 0 saturated heterocycles. The molecule has 2 N–H and O–H groups in total. The molecule has 1 saturated carbocycles. The molecule has 0 aromatic rings. The van der Waals surface area contributed by atoms with Gasteiger partial charge in [0, 0.05) is 12.5 Å². The zero-order chi connectivity index (χ0) is 14.5. The Balaban J connectivity index is 2.39. The summed E-state index contributed by atoms with van der Waals surface area (Å²) in [6, 6.07) is -0.305. The molecule has 0 aromatic carbocycles. The molecule has 0 heterocycles. The average molecular weight is 269 g/mol. The molecule has 1 unspecified atom stereocenters. The maximum absolute atomic E-state index is 11.9. The van der Waals surface area contributed by atoms with Crippen molar-refractivity contribution in [2.24, 2.45) is 11.3 Å². The first kappa shape index (κ1) is 16.0. The lowest BCUT2D eigenvalue weighted by molar-refractivity contribution is -0.138. The Morgan fingerprint density at radius 3 is 2.32 bits per heavy atom. The van der Waals surface area contributed by atoms with E-state index in [1.807, 2.05) is 20.8 Å². The average Bonchev–Trinajstić information content (AvgIpc) is 2.76. The second-order valence-corrected chi connectivity index (χ2v) is 6.77. The van der Waals surface area contributed by atoms with Gasteiger partial charge in [-0.05, 0) is 17.8 Å². The van der Waals surface area contributed by atoms with Gasteiger partial charge in [0.1, 0.15) is 0 Å². The van der Waals surface area contributed by atoms with Gasteiger partial charge in [0.2, 0.25) is 5.91 Å². The van der Waals surface area contributed by atoms with Gasteiger partial charge < -0.3 is 10.4 Å². The Hall–Kier alpha value is -1.06. The first-order chi connectivity index (χ1) is 8.79. The zero-order valence-corrected chi connectivity index (χ0v) is 12.4. The van der Waals surface area contributed by atoms with Crippen molar-refractivity contribution in [3.63, 3.8) is 0 Å². The van der Waals surface area contributed by atoms with Gasteiger partial charge in [-0.3, -0.25) is 9.59 Å². The van der Waals surface area contributed by atoms with Gasteiger partial charge in [0.25, 0.3) is 0 Å². The maximum atomic E-state index is 11.9. The summed E-state index contributed by atoms with van der Waals surface area (Å²) in [5.41, 5.74) is -0.235. The van der Waals surface area contributed by atoms with Gasteiger partial charge in [-0.15, -0.1) is 0 Å². The lowest BCUT2D eigenvalue weighted by Crippen LogP contribution is -2.45. The molecule has 0 bridgehead atoms. The normalized spacial score (nSPS) is 18.3. The summed E-state index contributed by atoms with van der Waals surface area (Å²) < 4.78 is 0. The van der Waals surface area contributed by atoms with Gasteiger partial charge in [-0.1, -0.05) is 46.5 Å². The molecule has 4 nitrogen and oxygen atoms in total. The Morgan fingerprint density at radius 2 is 1.84 bits per heavy atom. The first-order valence-electron chi connectivity index (χ1n) is 7.30. The van der Waals surface area contributed by atoms with Crippen LogP contribution in [0.4, 0.5) is 0 Å². The highest BCUT2D eigenvalue weighted by molar-refractivity contribution is 5.77. The Bertz CT molecular complexity index is 314. The van der Waals surface area contributed by atoms with Crippen molar-refractivity contribution in [2.45, 2.75) is 71.8 Å². The van der Waals surface area contributed by atoms with Gasteiger partial charge in [-0.25, -0.2) is 0 Å². The molecular weight excluding hydrogens is 242 g/mol. The third-order valence-corrected chi connectivity index (χ3v) is 4.01. The molecule has 1 rings (SSSR count). The maximum Gasteiger partial charge on any atom is 0.305 e. The van der Waals surface area contributed by atoms with Crippen molar-refractivity contribution in [3.8, 4) is 0 Å². The Kier molecular flexibility index (Phi) is 5.83. The predicted octanol–water partition coefficient (Wildman–Crippen LogP) is 2.96. The van der Waals surface area contributed by atoms with E-state index in [1.165, 1.54) is 25.7 Å². The van der Waals surface area contributed by atoms with Gasteiger partial charge in [0.15, 0.2) is 0 Å². The number of carbonyl (C=O) groups excluding carboxylic acids is 1. The fourth-order valence-corrected chi connectivity index (χ4v) is 2.65. The van der Waals surface area contributed by atoms with Crippen molar-refractivity contribution >= 4 is 11.9 Å². The summed E-state index contributed by atoms with van der Waals surface area (Å²) in [6.45, 7) is 5.87. The summed E-state index contributed by atoms with van der Waals surface area (Å²) >= 11 is 0. The van der Waals surface area contributed by atoms with Crippen LogP contribution in [0, 0.1) is 11.3 Å². The largest absolute Gasteiger partial charge is 0.481 e. The van der Waals surface area contributed by atoms with Crippen molar-refractivity contribution < 1.29 is 14.7 Å². The van der Waals surface area contributed by atoms with E-state index in [9.17, 15) is 9.59 Å². The van der Waals surface area contributed by atoms with E-state index in [0.29, 0.717) is 12.3 Å². The smallest absolute Gasteiger partial charge is 0.305 e. The van der Waals surface area contributed by atoms with Crippen LogP contribution >= 0.6 is 0 Å². The van der Waals surface area contributed by atoms with E-state index in [-0.39, 0.29) is 23.8 Å². The number of aliphatic carboxylic acids is 1. The SMILES string of the molecule is CC(C)(C)C(CC(=O)O)NC(=O)CCC1CCCC1. The highest BCUT2D eigenvalue weighted by Gasteiger charge is 2.28. The van der Waals surface area contributed by atoms with Crippen LogP contribution in [0.1, 0.15) is 65.7 Å². The molecule has 1 aliphatic carbocycles. The lowest BCUT2D eigenvalue weighted by atomic mass is 9.84. The fourth-order valence-electron chi connectivity index (χ4n) is 2.65. The van der Waals surface area contributed by atoms with E-state index in [0.717, 1.165) is 6.42 Å². The van der Waals surface area contributed by atoms with E-state index < -0.39 is 5.97 Å². The quantitative estimate of drug-likeness (QED) is 0.779. The number of hydrogen-bond acceptors (Lipinski definition) is 2. The molecule has 1 aliphatic rings. The summed E-state index contributed by atoms with van der Waals surface area (Å²) in [7, 11) is 0. The molecule has 4 heteroatoms. The minimum Gasteiger partial charge on any atom is -0.481 e. The zero-order valence-electron chi connectivity index (χ0n) is 12.4. The summed E-state index contributed by atoms with van der Waals surface area (Å²) in [6.07, 6.45) is 6.51. The predicted molar refractivity (Wildman–Crippen MR) is 74.8 cm³/mol. The van der Waals surface area contributed by atoms with E-state index in [1.54, 1.807) is 0 Å². The van der Waals surface area contributed by atoms with Crippen LogP contribution in [-0.2, 0) is 9.59 Å². The molecule has 0 spiro atoms. The minimum absolute atomic E-state index is 0.00641. The third-order valence-electron chi connectivity index (χ3n) is 4.01. The van der Waals surface area contributed by atoms with Gasteiger partial charge in [-0.2, -0.15) is 0 Å². The van der Waals surface area contributed by atoms with Gasteiger partial charge >= 0.3 is 5.97 Å². The molecule has 110 valence electrons. The first-order valence-corrected chi connectivity index (χ1v) is 7.30. The van der Waals surface area contributed by atoms with Crippen LogP contribution in [0.3, 0.4) is 0 Å². The third kappa shape index (κ3) is 6.08. The molecule has 1 atom stereocenters. The van der Waals surface area contributed by atoms with E-state index in [4.69, 9.17) is 5.11 Å². The Labute approximate surface area is 116 Å². The highest BCUT2D eigenvalue weighted by atomic mass is 16.4. The van der Waals surface area contributed by atoms with E-state index >= 15 is 0 Å². The summed E-state index contributed by atoms with van der Waals surface area (Å²) in [5, 5.41) is 11.8. The number of carbonyl (C=O) groups is 2. The molecule has 1 amide bonds. The summed E-state index contributed by atoms with van der Waals surface area (Å²) in [5.74, 6) is -0.178. The number of rotatable bonds is 6. The second-order valence-electron chi connectivity index (χ2n) is 6.77. The molecule has 0 aromatic heterocycles. The summed E-state index contributed by atoms with van der Waals surface area (Å²) in [4.78, 5) is 22.8. The fraction of sp³-hybridized carbons (Fsp3) is 0.867. The number of hydrogen-bond donors (Lipinski definition) is 2. The molecule has 19 heavy (non-hydrogen) atoms. The van der Waals surface area contributed by atoms with Crippen LogP contribution in [0.25, 0.3) is 0 Å². The van der Waals surface area contributed by atoms with Crippen LogP contribution in [-0.4, -0.2) is 23.0 Å². The van der Waals surface area contributed by atoms with Crippen molar-refractivity contribution in [2.75, 3.05) is 0 Å². The number of carboxylic acid groups (broad SMARTS) is 1. The standard InChI is InChI=1S/C15H27NO3/c1-15(2,3)12(10-14(18)19)16-13(17)9-8-11-6-4-5-7-11/h11-12H,4-10H2,1-3H3,(H,16,17)(H,18,19). The van der Waals surface area contributed by atoms with Crippen LogP contribution in [0.5, 0.6) is 0 Å². The second kappa shape index (κ2) is 6.92. The number of carboxylic acids is 1. The molecule has 0 radical (unpaired) electrons. The number of nitrogens with one attached hydrogen (secondary N) is 1. The van der Waals surface area contributed by atoms with Crippen molar-refractivity contribution in [1.82, 2.24) is 5.32 Å². The molecule has 0 aliphatic heterocycles. The Morgan fingerprint density at radius 1 is 1.26 bits per heavy atom. The topological polar surface area (TPSA) is 66.4 Å². The van der Waals surface area contributed by atoms with E-state index in [2.05, 4.69) is 5.32 Å². The molecular formula is C15H27NO3. The van der Waals surface area contributed by atoms with Crippen molar-refractivity contribution in [1.29, 1.82) is 0 Å². The van der Waals surface area contributed by atoms with Crippen LogP contribution in [0.2, 0.25) is 0 Å². The van der Waals surface area contributed by atoms with Crippen LogP contribution in [0.15, 0.2) is 0 Å². The number of amides is 1. The van der Waals surface area contributed by atoms with Gasteiger partial charge in [0.05, 0.1) is 6.42 Å². The monoisotopic (exact) mass is 269 g/mol. The highest BCUT2D eigenvalue weighted by Crippen LogP contribution is 2.28. The lowest BCUT2D eigenvalue weighted by Gasteiger charge is -2.30. The van der Waals surface area contributed by atoms with Crippen LogP contribution < -0.4 is 5.32 Å². The molecule has 1 fully saturated rings.